The number of aromatic nitrogens is 1. The van der Waals surface area contributed by atoms with Gasteiger partial charge in [0.1, 0.15) is 17.7 Å². The maximum Gasteiger partial charge on any atom is 0.338 e. The van der Waals surface area contributed by atoms with Crippen molar-refractivity contribution in [3.63, 3.8) is 0 Å². The Hall–Kier alpha value is -3.75. The quantitative estimate of drug-likeness (QED) is 0.577. The summed E-state index contributed by atoms with van der Waals surface area (Å²) in [5.41, 5.74) is 1.29. The van der Waals surface area contributed by atoms with Gasteiger partial charge in [-0.15, -0.1) is 0 Å². The lowest BCUT2D eigenvalue weighted by Crippen LogP contribution is -2.44. The Morgan fingerprint density at radius 2 is 1.80 bits per heavy atom. The van der Waals surface area contributed by atoms with Crippen LogP contribution in [0.25, 0.3) is 10.9 Å². The van der Waals surface area contributed by atoms with Gasteiger partial charge >= 0.3 is 11.9 Å². The maximum atomic E-state index is 13.2. The molecule has 3 rings (SSSR count). The topological polar surface area (TPSA) is 97.5 Å². The molecular formula is C21H18F2N2O5. The second kappa shape index (κ2) is 9.17. The van der Waals surface area contributed by atoms with Crippen LogP contribution in [-0.4, -0.2) is 42.6 Å². The molecule has 2 N–H and O–H groups in total. The average molecular weight is 416 g/mol. The van der Waals surface area contributed by atoms with E-state index in [1.54, 1.807) is 6.20 Å². The van der Waals surface area contributed by atoms with E-state index in [4.69, 9.17) is 9.47 Å². The smallest absolute Gasteiger partial charge is 0.338 e. The summed E-state index contributed by atoms with van der Waals surface area (Å²) >= 11 is 0. The molecule has 0 aliphatic carbocycles. The molecule has 3 aromatic rings. The van der Waals surface area contributed by atoms with Gasteiger partial charge in [-0.3, -0.25) is 4.79 Å². The Kier molecular flexibility index (Phi) is 6.41. The molecule has 0 fully saturated rings. The number of nitrogens with one attached hydrogen (secondary N) is 2. The number of esters is 2. The number of carbonyl (C=O) groups excluding carboxylic acids is 3. The van der Waals surface area contributed by atoms with Crippen molar-refractivity contribution in [1.29, 1.82) is 0 Å². The Balaban J connectivity index is 1.64. The van der Waals surface area contributed by atoms with Gasteiger partial charge in [0.25, 0.3) is 5.91 Å². The van der Waals surface area contributed by atoms with Gasteiger partial charge in [0.15, 0.2) is 6.61 Å². The van der Waals surface area contributed by atoms with E-state index in [2.05, 4.69) is 10.3 Å². The molecule has 0 saturated carbocycles. The molecule has 1 heterocycles. The van der Waals surface area contributed by atoms with Crippen LogP contribution in [0.1, 0.15) is 15.9 Å². The second-order valence-corrected chi connectivity index (χ2v) is 6.44. The van der Waals surface area contributed by atoms with Crippen LogP contribution in [-0.2, 0) is 25.5 Å². The maximum absolute atomic E-state index is 13.2. The molecule has 1 amide bonds. The lowest BCUT2D eigenvalue weighted by Gasteiger charge is -2.16. The minimum absolute atomic E-state index is 0.144. The molecule has 2 aromatic carbocycles. The molecule has 30 heavy (non-hydrogen) atoms. The zero-order chi connectivity index (χ0) is 21.7. The first kappa shape index (κ1) is 21.0. The number of halogens is 2. The van der Waals surface area contributed by atoms with Crippen LogP contribution >= 0.6 is 0 Å². The van der Waals surface area contributed by atoms with Crippen LogP contribution in [0.4, 0.5) is 8.78 Å². The fourth-order valence-electron chi connectivity index (χ4n) is 2.98. The SMILES string of the molecule is COC(=O)[C@H](Cc1c[nH]c2ccccc12)NC(=O)COC(=O)c1cc(F)cc(F)c1. The fraction of sp³-hybridized carbons (Fsp3) is 0.190. The summed E-state index contributed by atoms with van der Waals surface area (Å²) in [6.07, 6.45) is 1.87. The van der Waals surface area contributed by atoms with E-state index in [1.165, 1.54) is 7.11 Å². The first-order valence-electron chi connectivity index (χ1n) is 8.92. The number of carbonyl (C=O) groups is 3. The molecule has 1 aromatic heterocycles. The highest BCUT2D eigenvalue weighted by Gasteiger charge is 2.24. The molecule has 7 nitrogen and oxygen atoms in total. The summed E-state index contributed by atoms with van der Waals surface area (Å²) in [6, 6.07) is 8.62. The standard InChI is InChI=1S/C21H18F2N2O5/c1-29-21(28)18(8-13-10-24-17-5-3-2-4-16(13)17)25-19(26)11-30-20(27)12-6-14(22)9-15(23)7-12/h2-7,9-10,18,24H,8,11H2,1H3,(H,25,26)/t18-/m0/s1. The van der Waals surface area contributed by atoms with Crippen molar-refractivity contribution in [1.82, 2.24) is 10.3 Å². The number of H-pyrrole nitrogens is 1. The van der Waals surface area contributed by atoms with Crippen molar-refractivity contribution in [2.24, 2.45) is 0 Å². The van der Waals surface area contributed by atoms with Gasteiger partial charge in [-0.25, -0.2) is 18.4 Å². The third kappa shape index (κ3) is 4.99. The Bertz CT molecular complexity index is 1080. The van der Waals surface area contributed by atoms with Crippen molar-refractivity contribution in [3.8, 4) is 0 Å². The first-order chi connectivity index (χ1) is 14.4. The summed E-state index contributed by atoms with van der Waals surface area (Å²) < 4.78 is 35.9. The number of methoxy groups -OCH3 is 1. The molecule has 0 radical (unpaired) electrons. The van der Waals surface area contributed by atoms with Crippen molar-refractivity contribution < 1.29 is 32.6 Å². The predicted molar refractivity (Wildman–Crippen MR) is 103 cm³/mol. The van der Waals surface area contributed by atoms with Gasteiger partial charge in [0, 0.05) is 29.6 Å². The monoisotopic (exact) mass is 416 g/mol. The van der Waals surface area contributed by atoms with Gasteiger partial charge in [-0.2, -0.15) is 0 Å². The van der Waals surface area contributed by atoms with Crippen molar-refractivity contribution >= 4 is 28.7 Å². The van der Waals surface area contributed by atoms with E-state index in [-0.39, 0.29) is 12.0 Å². The number of hydrogen-bond donors (Lipinski definition) is 2. The number of aromatic amines is 1. The van der Waals surface area contributed by atoms with Crippen molar-refractivity contribution in [2.75, 3.05) is 13.7 Å². The molecule has 0 aliphatic heterocycles. The van der Waals surface area contributed by atoms with Crippen LogP contribution < -0.4 is 5.32 Å². The highest BCUT2D eigenvalue weighted by molar-refractivity contribution is 5.92. The van der Waals surface area contributed by atoms with E-state index < -0.39 is 42.1 Å². The molecular weight excluding hydrogens is 398 g/mol. The Morgan fingerprint density at radius 3 is 2.50 bits per heavy atom. The fourth-order valence-corrected chi connectivity index (χ4v) is 2.98. The summed E-state index contributed by atoms with van der Waals surface area (Å²) in [6.45, 7) is -0.738. The lowest BCUT2D eigenvalue weighted by molar-refractivity contribution is -0.145. The lowest BCUT2D eigenvalue weighted by atomic mass is 10.0. The van der Waals surface area contributed by atoms with Crippen molar-refractivity contribution in [2.45, 2.75) is 12.5 Å². The molecule has 9 heteroatoms. The van der Waals surface area contributed by atoms with Gasteiger partial charge in [-0.1, -0.05) is 18.2 Å². The highest BCUT2D eigenvalue weighted by Crippen LogP contribution is 2.19. The number of hydrogen-bond acceptors (Lipinski definition) is 5. The van der Waals surface area contributed by atoms with E-state index in [1.807, 2.05) is 24.3 Å². The van der Waals surface area contributed by atoms with Gasteiger partial charge < -0.3 is 19.8 Å². The summed E-state index contributed by atoms with van der Waals surface area (Å²) in [4.78, 5) is 39.3. The third-order valence-corrected chi connectivity index (χ3v) is 4.35. The minimum atomic E-state index is -1.07. The van der Waals surface area contributed by atoms with Gasteiger partial charge in [-0.05, 0) is 23.8 Å². The largest absolute Gasteiger partial charge is 0.467 e. The van der Waals surface area contributed by atoms with Crippen molar-refractivity contribution in [3.05, 3.63) is 71.4 Å². The zero-order valence-electron chi connectivity index (χ0n) is 15.9. The number of amides is 1. The third-order valence-electron chi connectivity index (χ3n) is 4.35. The number of para-hydroxylation sites is 1. The number of ether oxygens (including phenoxy) is 2. The first-order valence-corrected chi connectivity index (χ1v) is 8.92. The minimum Gasteiger partial charge on any atom is -0.467 e. The zero-order valence-corrected chi connectivity index (χ0v) is 15.9. The molecule has 0 bridgehead atoms. The number of benzene rings is 2. The summed E-state index contributed by atoms with van der Waals surface area (Å²) in [5.74, 6) is -4.41. The molecule has 0 spiro atoms. The Morgan fingerprint density at radius 1 is 1.10 bits per heavy atom. The van der Waals surface area contributed by atoms with E-state index in [0.717, 1.165) is 28.6 Å². The number of fused-ring (bicyclic) bond motifs is 1. The van der Waals surface area contributed by atoms with E-state index in [9.17, 15) is 23.2 Å². The molecule has 0 unspecified atom stereocenters. The summed E-state index contributed by atoms with van der Waals surface area (Å²) in [5, 5.41) is 3.34. The van der Waals surface area contributed by atoms with E-state index >= 15 is 0 Å². The van der Waals surface area contributed by atoms with Gasteiger partial charge in [0.05, 0.1) is 12.7 Å². The average Bonchev–Trinajstić information content (AvgIpc) is 3.13. The highest BCUT2D eigenvalue weighted by atomic mass is 19.1. The van der Waals surface area contributed by atoms with Crippen LogP contribution in [0.3, 0.4) is 0 Å². The van der Waals surface area contributed by atoms with Crippen LogP contribution in [0.2, 0.25) is 0 Å². The summed E-state index contributed by atoms with van der Waals surface area (Å²) in [7, 11) is 1.19. The predicted octanol–water partition coefficient (Wildman–Crippen LogP) is 2.50. The van der Waals surface area contributed by atoms with E-state index in [0.29, 0.717) is 6.07 Å². The normalized spacial score (nSPS) is 11.7. The molecule has 156 valence electrons. The van der Waals surface area contributed by atoms with Crippen LogP contribution in [0.15, 0.2) is 48.7 Å². The molecule has 0 aliphatic rings. The molecule has 0 saturated heterocycles. The van der Waals surface area contributed by atoms with Crippen LogP contribution in [0, 0.1) is 11.6 Å². The Labute approximate surface area is 170 Å². The number of rotatable bonds is 7. The molecule has 1 atom stereocenters. The second-order valence-electron chi connectivity index (χ2n) is 6.44. The van der Waals surface area contributed by atoms with Gasteiger partial charge in [0.2, 0.25) is 0 Å². The van der Waals surface area contributed by atoms with Crippen LogP contribution in [0.5, 0.6) is 0 Å².